The molecule has 1 amide bonds. The number of aliphatic hydroxyl groups excluding tert-OH is 1. The number of rotatable bonds is 14. The van der Waals surface area contributed by atoms with Gasteiger partial charge in [-0.25, -0.2) is 4.79 Å². The highest BCUT2D eigenvalue weighted by Crippen LogP contribution is 2.47. The van der Waals surface area contributed by atoms with E-state index in [0.29, 0.717) is 35.5 Å². The first kappa shape index (κ1) is 32.9. The van der Waals surface area contributed by atoms with Gasteiger partial charge in [-0.05, 0) is 59.4 Å². The maximum atomic E-state index is 13.4. The molecule has 0 saturated carbocycles. The van der Waals surface area contributed by atoms with Gasteiger partial charge in [0.05, 0.1) is 24.1 Å². The van der Waals surface area contributed by atoms with Crippen molar-refractivity contribution >= 4 is 39.4 Å². The number of phenolic OH excluding ortho intramolecular Hbond substituents is 1. The number of carbonyl (C=O) groups is 3. The van der Waals surface area contributed by atoms with E-state index in [1.165, 1.54) is 43.7 Å². The number of hydrogen-bond donors (Lipinski definition) is 4. The molecule has 1 aromatic rings. The smallest absolute Gasteiger partial charge is 0.327 e. The van der Waals surface area contributed by atoms with Crippen molar-refractivity contribution < 1.29 is 39.5 Å². The van der Waals surface area contributed by atoms with Gasteiger partial charge >= 0.3 is 11.9 Å². The second-order valence-corrected chi connectivity index (χ2v) is 13.9. The predicted octanol–water partition coefficient (Wildman–Crippen LogP) is 5.43. The molecule has 226 valence electrons. The fourth-order valence-corrected chi connectivity index (χ4v) is 7.47. The molecule has 0 spiro atoms. The van der Waals surface area contributed by atoms with Crippen molar-refractivity contribution in [1.29, 1.82) is 0 Å². The fourth-order valence-electron chi connectivity index (χ4n) is 4.90. The summed E-state index contributed by atoms with van der Waals surface area (Å²) in [5.74, 6) is -2.63. The Kier molecular flexibility index (Phi) is 11.2. The van der Waals surface area contributed by atoms with E-state index in [-0.39, 0.29) is 30.0 Å². The zero-order valence-electron chi connectivity index (χ0n) is 24.3. The van der Waals surface area contributed by atoms with E-state index in [1.807, 2.05) is 6.92 Å². The van der Waals surface area contributed by atoms with Crippen LogP contribution in [0.3, 0.4) is 0 Å². The Bertz CT molecular complexity index is 1230. The molecule has 41 heavy (non-hydrogen) atoms. The topological polar surface area (TPSA) is 145 Å². The van der Waals surface area contributed by atoms with Crippen LogP contribution in [0.4, 0.5) is 0 Å². The first-order valence-electron chi connectivity index (χ1n) is 13.8. The number of amides is 1. The fraction of sp³-hybridized carbons (Fsp3) is 0.567. The van der Waals surface area contributed by atoms with Crippen molar-refractivity contribution in [1.82, 2.24) is 4.90 Å². The Morgan fingerprint density at radius 3 is 2.44 bits per heavy atom. The van der Waals surface area contributed by atoms with Crippen LogP contribution < -0.4 is 4.74 Å². The lowest BCUT2D eigenvalue weighted by Gasteiger charge is -2.41. The second-order valence-electron chi connectivity index (χ2n) is 11.4. The van der Waals surface area contributed by atoms with Gasteiger partial charge in [0.25, 0.3) is 5.91 Å². The lowest BCUT2D eigenvalue weighted by Crippen LogP contribution is -2.49. The molecule has 2 aliphatic heterocycles. The lowest BCUT2D eigenvalue weighted by atomic mass is 9.84. The summed E-state index contributed by atoms with van der Waals surface area (Å²) in [6, 6.07) is 0.189. The molecule has 0 radical (unpaired) electrons. The molecular formula is C30H41NO8S2. The number of carboxylic acid groups (broad SMARTS) is 2. The summed E-state index contributed by atoms with van der Waals surface area (Å²) in [6.45, 7) is 9.64. The first-order valence-corrected chi connectivity index (χ1v) is 16.3. The number of carboxylic acids is 2. The van der Waals surface area contributed by atoms with Crippen LogP contribution in [0.2, 0.25) is 0 Å². The zero-order chi connectivity index (χ0) is 30.5. The quantitative estimate of drug-likeness (QED) is 0.123. The molecule has 0 saturated heterocycles. The van der Waals surface area contributed by atoms with Gasteiger partial charge in [0, 0.05) is 29.1 Å². The third-order valence-corrected chi connectivity index (χ3v) is 10.2. The summed E-state index contributed by atoms with van der Waals surface area (Å²) in [6.07, 6.45) is 6.76. The van der Waals surface area contributed by atoms with E-state index in [0.717, 1.165) is 12.8 Å². The molecule has 9 nitrogen and oxygen atoms in total. The van der Waals surface area contributed by atoms with Crippen LogP contribution in [-0.4, -0.2) is 72.4 Å². The number of hydrogen-bond acceptors (Lipinski definition) is 8. The molecule has 0 fully saturated rings. The highest BCUT2D eigenvalue weighted by molar-refractivity contribution is 8.76. The Labute approximate surface area is 249 Å². The Balaban J connectivity index is 1.76. The molecule has 0 aromatic heterocycles. The van der Waals surface area contributed by atoms with Crippen molar-refractivity contribution in [2.45, 2.75) is 91.0 Å². The van der Waals surface area contributed by atoms with E-state index in [4.69, 9.17) is 9.84 Å². The minimum atomic E-state index is -1.17. The predicted molar refractivity (Wildman–Crippen MR) is 162 cm³/mol. The highest BCUT2D eigenvalue weighted by Gasteiger charge is 2.45. The molecule has 4 unspecified atom stereocenters. The van der Waals surface area contributed by atoms with Gasteiger partial charge in [-0.15, -0.1) is 0 Å². The van der Waals surface area contributed by atoms with Crippen LogP contribution in [0.15, 0.2) is 29.4 Å². The van der Waals surface area contributed by atoms with Crippen molar-refractivity contribution in [3.05, 3.63) is 46.1 Å². The Morgan fingerprint density at radius 1 is 1.12 bits per heavy atom. The maximum absolute atomic E-state index is 13.4. The molecule has 4 N–H and O–H groups in total. The number of fused-ring (bicyclic) bond motifs is 3. The van der Waals surface area contributed by atoms with Crippen molar-refractivity contribution in [2.75, 3.05) is 11.5 Å². The van der Waals surface area contributed by atoms with E-state index in [1.54, 1.807) is 6.92 Å². The summed E-state index contributed by atoms with van der Waals surface area (Å²) in [7, 11) is 2.46. The summed E-state index contributed by atoms with van der Waals surface area (Å²) in [5.41, 5.74) is 2.70. The number of allylic oxidation sites excluding steroid dienone is 4. The molecule has 4 atom stereocenters. The SMILES string of the molecule is CC(C)=CCC/C(C)=C/CCC1(C)Oc2c(c(O)cc3c2CN(C(CSSCC(C)C(=O)O)C(=O)O)C3=O)CC1O. The van der Waals surface area contributed by atoms with Crippen LogP contribution in [0.5, 0.6) is 11.5 Å². The minimum absolute atomic E-state index is 0.0000509. The number of phenols is 1. The third kappa shape index (κ3) is 8.02. The molecule has 11 heteroatoms. The van der Waals surface area contributed by atoms with Crippen molar-refractivity contribution in [3.8, 4) is 11.5 Å². The number of ether oxygens (including phenoxy) is 1. The summed E-state index contributed by atoms with van der Waals surface area (Å²) < 4.78 is 6.39. The lowest BCUT2D eigenvalue weighted by molar-refractivity contribution is -0.142. The summed E-state index contributed by atoms with van der Waals surface area (Å²) in [5, 5.41) is 40.8. The summed E-state index contributed by atoms with van der Waals surface area (Å²) >= 11 is 0. The summed E-state index contributed by atoms with van der Waals surface area (Å²) in [4.78, 5) is 37.8. The van der Waals surface area contributed by atoms with Crippen molar-refractivity contribution in [3.63, 3.8) is 0 Å². The van der Waals surface area contributed by atoms with Gasteiger partial charge in [0.1, 0.15) is 23.1 Å². The molecule has 2 heterocycles. The molecule has 0 aliphatic carbocycles. The zero-order valence-corrected chi connectivity index (χ0v) is 25.9. The number of aromatic hydroxyl groups is 1. The van der Waals surface area contributed by atoms with Crippen LogP contribution in [0.25, 0.3) is 0 Å². The van der Waals surface area contributed by atoms with Crippen LogP contribution >= 0.6 is 21.6 Å². The van der Waals surface area contributed by atoms with Gasteiger partial charge in [-0.3, -0.25) is 9.59 Å². The molecule has 2 aliphatic rings. The Hall–Kier alpha value is -2.63. The maximum Gasteiger partial charge on any atom is 0.327 e. The molecular weight excluding hydrogens is 566 g/mol. The molecule has 0 bridgehead atoms. The molecule has 3 rings (SSSR count). The van der Waals surface area contributed by atoms with Gasteiger partial charge in [-0.2, -0.15) is 0 Å². The number of benzene rings is 1. The largest absolute Gasteiger partial charge is 0.508 e. The van der Waals surface area contributed by atoms with Gasteiger partial charge in [-0.1, -0.05) is 51.8 Å². The highest BCUT2D eigenvalue weighted by atomic mass is 33.1. The average molecular weight is 608 g/mol. The van der Waals surface area contributed by atoms with Crippen molar-refractivity contribution in [2.24, 2.45) is 5.92 Å². The Morgan fingerprint density at radius 2 is 1.80 bits per heavy atom. The normalized spacial score (nSPS) is 21.5. The van der Waals surface area contributed by atoms with E-state index in [9.17, 15) is 29.7 Å². The van der Waals surface area contributed by atoms with Crippen LogP contribution in [-0.2, 0) is 22.6 Å². The number of carbonyl (C=O) groups excluding carboxylic acids is 1. The number of aliphatic carboxylic acids is 2. The number of aliphatic hydroxyl groups is 1. The van der Waals surface area contributed by atoms with Crippen LogP contribution in [0.1, 0.15) is 81.8 Å². The third-order valence-electron chi connectivity index (χ3n) is 7.66. The van der Waals surface area contributed by atoms with Gasteiger partial charge < -0.3 is 30.1 Å². The van der Waals surface area contributed by atoms with Gasteiger partial charge in [0.2, 0.25) is 0 Å². The standard InChI is InChI=1S/C30H41NO8S2/c1-17(2)8-6-9-18(3)10-7-11-30(5)25(33)13-21-24(32)12-20-22(26(21)39-30)14-31(27(20)34)23(29(37)38)16-41-40-15-19(4)28(35)36/h8,10,12,19,23,25,32-33H,6-7,9,11,13-16H2,1-5H3,(H,35,36)(H,37,38)/b18-10+. The molecule has 1 aromatic carbocycles. The van der Waals surface area contributed by atoms with E-state index < -0.39 is 41.5 Å². The first-order chi connectivity index (χ1) is 19.2. The second kappa shape index (κ2) is 14.0. The average Bonchev–Trinajstić information content (AvgIpc) is 3.20. The van der Waals surface area contributed by atoms with E-state index >= 15 is 0 Å². The minimum Gasteiger partial charge on any atom is -0.508 e. The van der Waals surface area contributed by atoms with Gasteiger partial charge in [0.15, 0.2) is 0 Å². The van der Waals surface area contributed by atoms with E-state index in [2.05, 4.69) is 32.9 Å². The monoisotopic (exact) mass is 607 g/mol. The van der Waals surface area contributed by atoms with Crippen LogP contribution in [0, 0.1) is 5.92 Å². The number of nitrogens with zero attached hydrogens (tertiary/aromatic N) is 1.